The van der Waals surface area contributed by atoms with Gasteiger partial charge in [0, 0.05) is 10.5 Å². The number of fused-ring (bicyclic) bond motifs is 1. The molecule has 0 atom stereocenters. The second-order valence-electron chi connectivity index (χ2n) is 4.54. The Bertz CT molecular complexity index is 690. The first-order valence-electron chi connectivity index (χ1n) is 6.52. The van der Waals surface area contributed by atoms with Gasteiger partial charge in [-0.2, -0.15) is 0 Å². The number of thioether (sulfide) groups is 1. The van der Waals surface area contributed by atoms with E-state index in [4.69, 9.17) is 9.47 Å². The highest BCUT2D eigenvalue weighted by molar-refractivity contribution is 7.98. The summed E-state index contributed by atoms with van der Waals surface area (Å²) in [6.07, 6.45) is 5.43. The van der Waals surface area contributed by atoms with Gasteiger partial charge in [0.15, 0.2) is 17.3 Å². The third-order valence-corrected chi connectivity index (χ3v) is 3.94. The van der Waals surface area contributed by atoms with Crippen LogP contribution in [0.3, 0.4) is 0 Å². The van der Waals surface area contributed by atoms with E-state index < -0.39 is 0 Å². The Balaban J connectivity index is 1.74. The summed E-state index contributed by atoms with van der Waals surface area (Å²) in [4.78, 5) is 13.4. The molecule has 106 valence electrons. The number of benzene rings is 2. The maximum absolute atomic E-state index is 12.2. The molecule has 0 spiro atoms. The molecule has 2 aromatic carbocycles. The molecule has 0 aromatic heterocycles. The average Bonchev–Trinajstić information content (AvgIpc) is 3.00. The van der Waals surface area contributed by atoms with Crippen molar-refractivity contribution in [2.24, 2.45) is 0 Å². The minimum Gasteiger partial charge on any atom is -0.454 e. The van der Waals surface area contributed by atoms with Crippen molar-refractivity contribution in [3.8, 4) is 11.5 Å². The van der Waals surface area contributed by atoms with Crippen molar-refractivity contribution in [2.75, 3.05) is 13.0 Å². The highest BCUT2D eigenvalue weighted by Crippen LogP contribution is 2.32. The Morgan fingerprint density at radius 2 is 1.86 bits per heavy atom. The number of carbonyl (C=O) groups excluding carboxylic acids is 1. The van der Waals surface area contributed by atoms with Crippen molar-refractivity contribution in [1.82, 2.24) is 0 Å². The molecule has 0 unspecified atom stereocenters. The average molecular weight is 298 g/mol. The van der Waals surface area contributed by atoms with Crippen LogP contribution in [-0.4, -0.2) is 18.8 Å². The first-order chi connectivity index (χ1) is 10.3. The Hall–Kier alpha value is -2.20. The van der Waals surface area contributed by atoms with Crippen LogP contribution < -0.4 is 9.47 Å². The lowest BCUT2D eigenvalue weighted by atomic mass is 10.1. The van der Waals surface area contributed by atoms with Crippen molar-refractivity contribution in [3.05, 3.63) is 59.7 Å². The smallest absolute Gasteiger partial charge is 0.231 e. The van der Waals surface area contributed by atoms with E-state index in [9.17, 15) is 4.79 Å². The zero-order valence-corrected chi connectivity index (χ0v) is 12.4. The monoisotopic (exact) mass is 298 g/mol. The summed E-state index contributed by atoms with van der Waals surface area (Å²) in [7, 11) is 0. The van der Waals surface area contributed by atoms with Gasteiger partial charge in [0.05, 0.1) is 0 Å². The van der Waals surface area contributed by atoms with Gasteiger partial charge in [0.25, 0.3) is 0 Å². The van der Waals surface area contributed by atoms with Gasteiger partial charge in [-0.05, 0) is 48.2 Å². The van der Waals surface area contributed by atoms with Crippen molar-refractivity contribution >= 4 is 23.6 Å². The summed E-state index contributed by atoms with van der Waals surface area (Å²) in [6.45, 7) is 0.213. The van der Waals surface area contributed by atoms with E-state index in [1.54, 1.807) is 36.0 Å². The Morgan fingerprint density at radius 3 is 2.62 bits per heavy atom. The molecule has 1 aliphatic rings. The molecule has 3 rings (SSSR count). The maximum Gasteiger partial charge on any atom is 0.231 e. The number of rotatable bonds is 4. The summed E-state index contributed by atoms with van der Waals surface area (Å²) >= 11 is 1.69. The minimum absolute atomic E-state index is 0.0535. The fraction of sp³-hybridized carbons (Fsp3) is 0.118. The van der Waals surface area contributed by atoms with Gasteiger partial charge in [0.1, 0.15) is 0 Å². The zero-order chi connectivity index (χ0) is 14.7. The second kappa shape index (κ2) is 6.06. The summed E-state index contributed by atoms with van der Waals surface area (Å²) in [5, 5.41) is 0. The molecule has 0 fully saturated rings. The van der Waals surface area contributed by atoms with Gasteiger partial charge in [-0.25, -0.2) is 0 Å². The SMILES string of the molecule is CSc1ccc(/C=C/C(=O)c2ccc3c(c2)OCO3)cc1. The van der Waals surface area contributed by atoms with Gasteiger partial charge < -0.3 is 9.47 Å². The molecule has 2 aromatic rings. The van der Waals surface area contributed by atoms with Crippen molar-refractivity contribution in [1.29, 1.82) is 0 Å². The summed E-state index contributed by atoms with van der Waals surface area (Å²) < 4.78 is 10.5. The molecule has 0 radical (unpaired) electrons. The van der Waals surface area contributed by atoms with Crippen LogP contribution in [0.4, 0.5) is 0 Å². The molecule has 0 saturated carbocycles. The first-order valence-corrected chi connectivity index (χ1v) is 7.75. The Kier molecular flexibility index (Phi) is 3.97. The van der Waals surface area contributed by atoms with Crippen LogP contribution in [0.1, 0.15) is 15.9 Å². The standard InChI is InChI=1S/C17H14O3S/c1-21-14-6-2-12(3-7-14)4-8-15(18)13-5-9-16-17(10-13)20-11-19-16/h2-10H,11H2,1H3/b8-4+. The van der Waals surface area contributed by atoms with E-state index in [1.165, 1.54) is 4.90 Å². The zero-order valence-electron chi connectivity index (χ0n) is 11.5. The van der Waals surface area contributed by atoms with E-state index >= 15 is 0 Å². The van der Waals surface area contributed by atoms with Crippen LogP contribution in [-0.2, 0) is 0 Å². The number of ether oxygens (including phenoxy) is 2. The molecule has 0 amide bonds. The van der Waals surface area contributed by atoms with Crippen LogP contribution in [0, 0.1) is 0 Å². The van der Waals surface area contributed by atoms with Crippen molar-refractivity contribution in [3.63, 3.8) is 0 Å². The fourth-order valence-corrected chi connectivity index (χ4v) is 2.44. The molecular weight excluding hydrogens is 284 g/mol. The summed E-state index contributed by atoms with van der Waals surface area (Å²) in [5.41, 5.74) is 1.60. The van der Waals surface area contributed by atoms with Crippen LogP contribution in [0.5, 0.6) is 11.5 Å². The quantitative estimate of drug-likeness (QED) is 0.485. The molecule has 1 aliphatic heterocycles. The molecule has 0 bridgehead atoms. The normalized spacial score (nSPS) is 12.8. The Labute approximate surface area is 127 Å². The summed E-state index contributed by atoms with van der Waals surface area (Å²) in [5.74, 6) is 1.25. The predicted molar refractivity (Wildman–Crippen MR) is 84.2 cm³/mol. The number of carbonyl (C=O) groups is 1. The lowest BCUT2D eigenvalue weighted by Crippen LogP contribution is -1.94. The number of hydrogen-bond acceptors (Lipinski definition) is 4. The van der Waals surface area contributed by atoms with E-state index in [-0.39, 0.29) is 12.6 Å². The number of allylic oxidation sites excluding steroid dienone is 1. The minimum atomic E-state index is -0.0535. The first kappa shape index (κ1) is 13.8. The van der Waals surface area contributed by atoms with Crippen LogP contribution in [0.2, 0.25) is 0 Å². The molecular formula is C17H14O3S. The molecule has 4 heteroatoms. The van der Waals surface area contributed by atoms with Gasteiger partial charge in [-0.15, -0.1) is 11.8 Å². The largest absolute Gasteiger partial charge is 0.454 e. The molecule has 21 heavy (non-hydrogen) atoms. The van der Waals surface area contributed by atoms with Gasteiger partial charge >= 0.3 is 0 Å². The third-order valence-electron chi connectivity index (χ3n) is 3.20. The van der Waals surface area contributed by atoms with Crippen molar-refractivity contribution in [2.45, 2.75) is 4.90 Å². The Morgan fingerprint density at radius 1 is 1.10 bits per heavy atom. The van der Waals surface area contributed by atoms with E-state index in [0.29, 0.717) is 17.1 Å². The third kappa shape index (κ3) is 3.11. The molecule has 0 aliphatic carbocycles. The van der Waals surface area contributed by atoms with Crippen molar-refractivity contribution < 1.29 is 14.3 Å². The predicted octanol–water partition coefficient (Wildman–Crippen LogP) is 4.03. The van der Waals surface area contributed by atoms with Gasteiger partial charge in [-0.3, -0.25) is 4.79 Å². The van der Waals surface area contributed by atoms with Gasteiger partial charge in [-0.1, -0.05) is 18.2 Å². The van der Waals surface area contributed by atoms with E-state index in [0.717, 1.165) is 5.56 Å². The second-order valence-corrected chi connectivity index (χ2v) is 5.42. The van der Waals surface area contributed by atoms with E-state index in [2.05, 4.69) is 0 Å². The maximum atomic E-state index is 12.2. The number of hydrogen-bond donors (Lipinski definition) is 0. The highest BCUT2D eigenvalue weighted by Gasteiger charge is 2.14. The molecule has 0 N–H and O–H groups in total. The molecule has 3 nitrogen and oxygen atoms in total. The lowest BCUT2D eigenvalue weighted by molar-refractivity contribution is 0.104. The molecule has 1 heterocycles. The highest BCUT2D eigenvalue weighted by atomic mass is 32.2. The fourth-order valence-electron chi connectivity index (χ4n) is 2.03. The number of ketones is 1. The van der Waals surface area contributed by atoms with Gasteiger partial charge in [0.2, 0.25) is 6.79 Å². The van der Waals surface area contributed by atoms with Crippen LogP contribution in [0.15, 0.2) is 53.4 Å². The van der Waals surface area contributed by atoms with Crippen LogP contribution in [0.25, 0.3) is 6.08 Å². The summed E-state index contributed by atoms with van der Waals surface area (Å²) in [6, 6.07) is 13.3. The lowest BCUT2D eigenvalue weighted by Gasteiger charge is -1.99. The van der Waals surface area contributed by atoms with E-state index in [1.807, 2.05) is 36.6 Å². The topological polar surface area (TPSA) is 35.5 Å². The molecule has 0 saturated heterocycles. The van der Waals surface area contributed by atoms with Crippen LogP contribution >= 0.6 is 11.8 Å².